The fourth-order valence-electron chi connectivity index (χ4n) is 2.18. The zero-order chi connectivity index (χ0) is 15.9. The third-order valence-corrected chi connectivity index (χ3v) is 3.96. The molecule has 1 saturated heterocycles. The van der Waals surface area contributed by atoms with Crippen molar-refractivity contribution < 1.29 is 19.1 Å². The number of hydrogen-bond acceptors (Lipinski definition) is 8. The van der Waals surface area contributed by atoms with E-state index < -0.39 is 11.9 Å². The summed E-state index contributed by atoms with van der Waals surface area (Å²) >= 11 is 1.25. The van der Waals surface area contributed by atoms with Gasteiger partial charge >= 0.3 is 11.9 Å². The third kappa shape index (κ3) is 3.82. The summed E-state index contributed by atoms with van der Waals surface area (Å²) in [6.07, 6.45) is 3.64. The van der Waals surface area contributed by atoms with E-state index in [4.69, 9.17) is 9.47 Å². The van der Waals surface area contributed by atoms with E-state index in [0.717, 1.165) is 30.9 Å². The Kier molecular flexibility index (Phi) is 5.88. The van der Waals surface area contributed by atoms with Gasteiger partial charge in [0.05, 0.1) is 13.2 Å². The first-order valence-corrected chi connectivity index (χ1v) is 8.08. The Morgan fingerprint density at radius 3 is 2.32 bits per heavy atom. The van der Waals surface area contributed by atoms with Crippen molar-refractivity contribution in [2.24, 2.45) is 0 Å². The summed E-state index contributed by atoms with van der Waals surface area (Å²) in [5, 5.41) is 4.88. The largest absolute Gasteiger partial charge is 0.462 e. The molecule has 1 aliphatic rings. The summed E-state index contributed by atoms with van der Waals surface area (Å²) in [5.41, 5.74) is 0.347. The molecule has 1 aromatic rings. The second-order valence-electron chi connectivity index (χ2n) is 4.66. The van der Waals surface area contributed by atoms with E-state index in [0.29, 0.717) is 5.69 Å². The highest BCUT2D eigenvalue weighted by Gasteiger charge is 2.24. The predicted molar refractivity (Wildman–Crippen MR) is 82.6 cm³/mol. The van der Waals surface area contributed by atoms with Crippen molar-refractivity contribution in [3.8, 4) is 0 Å². The first-order valence-electron chi connectivity index (χ1n) is 7.30. The standard InChI is InChI=1S/C14H19N3O4S/c1-3-20-13(18)10(14(19)21-4-2)9-11-12(22-16-15-11)17-7-5-6-8-17/h9H,3-8H2,1-2H3. The second-order valence-corrected chi connectivity index (χ2v) is 5.39. The molecule has 0 unspecified atom stereocenters. The van der Waals surface area contributed by atoms with Crippen molar-refractivity contribution in [3.05, 3.63) is 11.3 Å². The molecular weight excluding hydrogens is 306 g/mol. The van der Waals surface area contributed by atoms with Crippen LogP contribution in [0.5, 0.6) is 0 Å². The van der Waals surface area contributed by atoms with Crippen molar-refractivity contribution in [2.45, 2.75) is 26.7 Å². The monoisotopic (exact) mass is 325 g/mol. The Hall–Kier alpha value is -1.96. The van der Waals surface area contributed by atoms with Gasteiger partial charge in [0.2, 0.25) is 0 Å². The van der Waals surface area contributed by atoms with Crippen molar-refractivity contribution in [2.75, 3.05) is 31.2 Å². The minimum atomic E-state index is -0.707. The van der Waals surface area contributed by atoms with Crippen LogP contribution in [0.2, 0.25) is 0 Å². The molecule has 1 aliphatic heterocycles. The second kappa shape index (κ2) is 7.88. The predicted octanol–water partition coefficient (Wildman–Crippen LogP) is 1.65. The molecule has 0 radical (unpaired) electrons. The number of carbonyl (C=O) groups excluding carboxylic acids is 2. The van der Waals surface area contributed by atoms with Gasteiger partial charge in [0, 0.05) is 24.6 Å². The maximum absolute atomic E-state index is 12.0. The molecule has 2 heterocycles. The van der Waals surface area contributed by atoms with E-state index >= 15 is 0 Å². The number of esters is 2. The summed E-state index contributed by atoms with van der Waals surface area (Å²) in [6.45, 7) is 5.59. The average Bonchev–Trinajstić information content (AvgIpc) is 3.15. The van der Waals surface area contributed by atoms with Gasteiger partial charge in [-0.2, -0.15) is 0 Å². The van der Waals surface area contributed by atoms with E-state index in [1.807, 2.05) is 0 Å². The van der Waals surface area contributed by atoms with Crippen molar-refractivity contribution in [3.63, 3.8) is 0 Å². The summed E-state index contributed by atoms with van der Waals surface area (Å²) in [5.74, 6) is -1.41. The molecule has 120 valence electrons. The van der Waals surface area contributed by atoms with Crippen LogP contribution in [0.4, 0.5) is 5.00 Å². The Morgan fingerprint density at radius 2 is 1.77 bits per heavy atom. The summed E-state index contributed by atoms with van der Waals surface area (Å²) < 4.78 is 13.8. The van der Waals surface area contributed by atoms with Crippen molar-refractivity contribution in [1.82, 2.24) is 9.59 Å². The van der Waals surface area contributed by atoms with Gasteiger partial charge in [-0.25, -0.2) is 9.59 Å². The molecule has 0 aromatic carbocycles. The Morgan fingerprint density at radius 1 is 1.18 bits per heavy atom. The number of rotatable bonds is 6. The molecule has 0 amide bonds. The lowest BCUT2D eigenvalue weighted by atomic mass is 10.2. The molecule has 0 aliphatic carbocycles. The van der Waals surface area contributed by atoms with Gasteiger partial charge in [-0.15, -0.1) is 5.10 Å². The molecule has 0 spiro atoms. The van der Waals surface area contributed by atoms with Crippen LogP contribution < -0.4 is 4.90 Å². The van der Waals surface area contributed by atoms with Crippen molar-refractivity contribution >= 4 is 34.5 Å². The van der Waals surface area contributed by atoms with Crippen LogP contribution in [-0.2, 0) is 19.1 Å². The van der Waals surface area contributed by atoms with E-state index in [-0.39, 0.29) is 18.8 Å². The number of carbonyl (C=O) groups is 2. The van der Waals surface area contributed by atoms with Crippen molar-refractivity contribution in [1.29, 1.82) is 0 Å². The minimum Gasteiger partial charge on any atom is -0.462 e. The molecule has 1 fully saturated rings. The number of hydrogen-bond donors (Lipinski definition) is 0. The van der Waals surface area contributed by atoms with Gasteiger partial charge in [-0.05, 0) is 32.8 Å². The van der Waals surface area contributed by atoms with Crippen LogP contribution in [0.15, 0.2) is 5.57 Å². The molecule has 0 saturated carbocycles. The maximum atomic E-state index is 12.0. The lowest BCUT2D eigenvalue weighted by Gasteiger charge is -2.14. The molecule has 1 aromatic heterocycles. The van der Waals surface area contributed by atoms with Crippen LogP contribution in [0.3, 0.4) is 0 Å². The van der Waals surface area contributed by atoms with E-state index in [2.05, 4.69) is 14.5 Å². The Balaban J connectivity index is 2.30. The topological polar surface area (TPSA) is 81.6 Å². The maximum Gasteiger partial charge on any atom is 0.345 e. The molecule has 0 atom stereocenters. The van der Waals surface area contributed by atoms with Gasteiger partial charge < -0.3 is 14.4 Å². The number of ether oxygens (including phenoxy) is 2. The highest BCUT2D eigenvalue weighted by molar-refractivity contribution is 7.10. The lowest BCUT2D eigenvalue weighted by Crippen LogP contribution is -2.19. The Labute approximate surface area is 133 Å². The molecule has 8 heteroatoms. The zero-order valence-electron chi connectivity index (χ0n) is 12.7. The molecule has 22 heavy (non-hydrogen) atoms. The lowest BCUT2D eigenvalue weighted by molar-refractivity contribution is -0.146. The van der Waals surface area contributed by atoms with E-state index in [1.165, 1.54) is 17.6 Å². The average molecular weight is 325 g/mol. The first-order chi connectivity index (χ1) is 10.7. The number of nitrogens with zero attached hydrogens (tertiary/aromatic N) is 3. The van der Waals surface area contributed by atoms with Gasteiger partial charge in [-0.3, -0.25) is 0 Å². The highest BCUT2D eigenvalue weighted by Crippen LogP contribution is 2.28. The fraction of sp³-hybridized carbons (Fsp3) is 0.571. The first kappa shape index (κ1) is 16.4. The summed E-state index contributed by atoms with van der Waals surface area (Å²) in [7, 11) is 0. The van der Waals surface area contributed by atoms with Gasteiger partial charge in [0.1, 0.15) is 16.3 Å². The molecule has 0 bridgehead atoms. The van der Waals surface area contributed by atoms with E-state index in [1.54, 1.807) is 13.8 Å². The van der Waals surface area contributed by atoms with E-state index in [9.17, 15) is 9.59 Å². The zero-order valence-corrected chi connectivity index (χ0v) is 13.5. The quantitative estimate of drug-likeness (QED) is 0.340. The summed E-state index contributed by atoms with van der Waals surface area (Å²) in [6, 6.07) is 0. The van der Waals surface area contributed by atoms with Gasteiger partial charge in [-0.1, -0.05) is 4.49 Å². The van der Waals surface area contributed by atoms with Crippen LogP contribution in [-0.4, -0.2) is 47.8 Å². The Bertz CT molecular complexity index is 544. The SMILES string of the molecule is CCOC(=O)C(=Cc1nnsc1N1CCCC1)C(=O)OCC. The fourth-order valence-corrected chi connectivity index (χ4v) is 2.88. The number of aromatic nitrogens is 2. The smallest absolute Gasteiger partial charge is 0.345 e. The molecule has 7 nitrogen and oxygen atoms in total. The molecular formula is C14H19N3O4S. The van der Waals surface area contributed by atoms with Gasteiger partial charge in [0.25, 0.3) is 0 Å². The van der Waals surface area contributed by atoms with Crippen LogP contribution in [0.25, 0.3) is 6.08 Å². The minimum absolute atomic E-state index is 0.156. The normalized spacial score (nSPS) is 13.8. The van der Waals surface area contributed by atoms with Gasteiger partial charge in [0.15, 0.2) is 0 Å². The van der Waals surface area contributed by atoms with Crippen LogP contribution in [0, 0.1) is 0 Å². The third-order valence-electron chi connectivity index (χ3n) is 3.16. The van der Waals surface area contributed by atoms with Crippen LogP contribution >= 0.6 is 11.5 Å². The molecule has 2 rings (SSSR count). The number of anilines is 1. The highest BCUT2D eigenvalue weighted by atomic mass is 32.1. The summed E-state index contributed by atoms with van der Waals surface area (Å²) in [4.78, 5) is 26.1. The molecule has 0 N–H and O–H groups in total. The van der Waals surface area contributed by atoms with Crippen LogP contribution in [0.1, 0.15) is 32.4 Å².